The Morgan fingerprint density at radius 2 is 1.59 bits per heavy atom. The first-order valence-corrected chi connectivity index (χ1v) is 7.72. The fraction of sp³-hybridized carbons (Fsp3) is 0.647. The molecule has 0 fully saturated rings. The van der Waals surface area contributed by atoms with E-state index in [2.05, 4.69) is 20.8 Å². The number of hydrogen-bond donors (Lipinski definition) is 3. The van der Waals surface area contributed by atoms with Crippen molar-refractivity contribution in [1.29, 1.82) is 0 Å². The molecule has 0 amide bonds. The van der Waals surface area contributed by atoms with Crippen LogP contribution in [0.2, 0.25) is 0 Å². The maximum absolute atomic E-state index is 9.99. The molecule has 1 atom stereocenters. The second-order valence-corrected chi connectivity index (χ2v) is 6.49. The smallest absolute Gasteiger partial charge is 0.119 e. The Morgan fingerprint density at radius 3 is 2.05 bits per heavy atom. The predicted molar refractivity (Wildman–Crippen MR) is 87.3 cm³/mol. The Labute approximate surface area is 133 Å². The first kappa shape index (κ1) is 18.9. The molecule has 0 aliphatic carbocycles. The lowest BCUT2D eigenvalue weighted by Gasteiger charge is -2.23. The summed E-state index contributed by atoms with van der Waals surface area (Å²) >= 11 is 0. The first-order chi connectivity index (χ1) is 10.4. The van der Waals surface area contributed by atoms with E-state index in [4.69, 9.17) is 14.9 Å². The second kappa shape index (κ2) is 9.10. The SMILES string of the molecule is CC(C)(C)c1ccc(OCC(O)CN(CCO)CCO)cc1. The molecule has 0 saturated heterocycles. The van der Waals surface area contributed by atoms with Gasteiger partial charge in [-0.1, -0.05) is 32.9 Å². The summed E-state index contributed by atoms with van der Waals surface area (Å²) in [5, 5.41) is 27.9. The lowest BCUT2D eigenvalue weighted by Crippen LogP contribution is -2.38. The molecule has 5 heteroatoms. The molecule has 0 aliphatic heterocycles. The van der Waals surface area contributed by atoms with E-state index in [1.54, 1.807) is 4.90 Å². The molecule has 0 saturated carbocycles. The Kier molecular flexibility index (Phi) is 7.82. The number of nitrogens with zero attached hydrogens (tertiary/aromatic N) is 1. The van der Waals surface area contributed by atoms with Gasteiger partial charge < -0.3 is 20.1 Å². The van der Waals surface area contributed by atoms with Crippen LogP contribution in [-0.2, 0) is 5.41 Å². The fourth-order valence-corrected chi connectivity index (χ4v) is 2.17. The Hall–Kier alpha value is -1.14. The van der Waals surface area contributed by atoms with Gasteiger partial charge in [0, 0.05) is 19.6 Å². The van der Waals surface area contributed by atoms with Crippen LogP contribution in [0.5, 0.6) is 5.75 Å². The summed E-state index contributed by atoms with van der Waals surface area (Å²) in [5.74, 6) is 0.725. The number of rotatable bonds is 9. The lowest BCUT2D eigenvalue weighted by atomic mass is 9.87. The normalized spacial score (nSPS) is 13.4. The van der Waals surface area contributed by atoms with E-state index in [1.165, 1.54) is 5.56 Å². The van der Waals surface area contributed by atoms with Gasteiger partial charge in [0.25, 0.3) is 0 Å². The van der Waals surface area contributed by atoms with Crippen LogP contribution in [0.4, 0.5) is 0 Å². The molecule has 3 N–H and O–H groups in total. The highest BCUT2D eigenvalue weighted by Gasteiger charge is 2.14. The van der Waals surface area contributed by atoms with Crippen molar-refractivity contribution in [2.45, 2.75) is 32.3 Å². The van der Waals surface area contributed by atoms with E-state index in [9.17, 15) is 5.11 Å². The zero-order chi connectivity index (χ0) is 16.6. The van der Waals surface area contributed by atoms with Crippen molar-refractivity contribution >= 4 is 0 Å². The highest BCUT2D eigenvalue weighted by atomic mass is 16.5. The van der Waals surface area contributed by atoms with E-state index in [0.717, 1.165) is 5.75 Å². The van der Waals surface area contributed by atoms with Gasteiger partial charge >= 0.3 is 0 Å². The molecule has 0 bridgehead atoms. The number of ether oxygens (including phenoxy) is 1. The molecule has 0 aliphatic rings. The molecule has 1 rings (SSSR count). The summed E-state index contributed by atoms with van der Waals surface area (Å²) in [7, 11) is 0. The van der Waals surface area contributed by atoms with Crippen LogP contribution in [0.15, 0.2) is 24.3 Å². The fourth-order valence-electron chi connectivity index (χ4n) is 2.17. The molecule has 5 nitrogen and oxygen atoms in total. The van der Waals surface area contributed by atoms with Gasteiger partial charge in [0.2, 0.25) is 0 Å². The third-order valence-corrected chi connectivity index (χ3v) is 3.46. The van der Waals surface area contributed by atoms with Gasteiger partial charge in [-0.15, -0.1) is 0 Å². The second-order valence-electron chi connectivity index (χ2n) is 6.49. The Bertz CT molecular complexity index is 408. The van der Waals surface area contributed by atoms with Crippen molar-refractivity contribution in [3.8, 4) is 5.75 Å². The number of aliphatic hydroxyl groups excluding tert-OH is 3. The molecule has 0 heterocycles. The zero-order valence-electron chi connectivity index (χ0n) is 13.8. The molecule has 0 radical (unpaired) electrons. The molecule has 126 valence electrons. The Balaban J connectivity index is 2.44. The molecule has 22 heavy (non-hydrogen) atoms. The third kappa shape index (κ3) is 6.75. The van der Waals surface area contributed by atoms with Gasteiger partial charge in [0.15, 0.2) is 0 Å². The van der Waals surface area contributed by atoms with E-state index >= 15 is 0 Å². The van der Waals surface area contributed by atoms with Crippen LogP contribution in [0, 0.1) is 0 Å². The van der Waals surface area contributed by atoms with E-state index in [-0.39, 0.29) is 25.2 Å². The van der Waals surface area contributed by atoms with Crippen LogP contribution in [0.1, 0.15) is 26.3 Å². The van der Waals surface area contributed by atoms with Gasteiger partial charge in [0.05, 0.1) is 13.2 Å². The molecule has 1 aromatic rings. The lowest BCUT2D eigenvalue weighted by molar-refractivity contribution is 0.0552. The van der Waals surface area contributed by atoms with Crippen molar-refractivity contribution in [3.63, 3.8) is 0 Å². The molecular weight excluding hydrogens is 282 g/mol. The quantitative estimate of drug-likeness (QED) is 0.635. The van der Waals surface area contributed by atoms with E-state index in [0.29, 0.717) is 19.6 Å². The third-order valence-electron chi connectivity index (χ3n) is 3.46. The highest BCUT2D eigenvalue weighted by Crippen LogP contribution is 2.24. The average molecular weight is 311 g/mol. The van der Waals surface area contributed by atoms with Crippen molar-refractivity contribution in [2.75, 3.05) is 39.5 Å². The predicted octanol–water partition coefficient (Wildman–Crippen LogP) is 1.01. The van der Waals surface area contributed by atoms with Crippen molar-refractivity contribution in [3.05, 3.63) is 29.8 Å². The van der Waals surface area contributed by atoms with Crippen LogP contribution in [-0.4, -0.2) is 65.8 Å². The first-order valence-electron chi connectivity index (χ1n) is 7.72. The van der Waals surface area contributed by atoms with Crippen LogP contribution in [0.25, 0.3) is 0 Å². The topological polar surface area (TPSA) is 73.2 Å². The van der Waals surface area contributed by atoms with Crippen molar-refractivity contribution < 1.29 is 20.1 Å². The summed E-state index contributed by atoms with van der Waals surface area (Å²) in [4.78, 5) is 1.80. The monoisotopic (exact) mass is 311 g/mol. The minimum atomic E-state index is -0.666. The maximum atomic E-state index is 9.99. The molecule has 1 unspecified atom stereocenters. The van der Waals surface area contributed by atoms with Crippen molar-refractivity contribution in [2.24, 2.45) is 0 Å². The van der Waals surface area contributed by atoms with Crippen LogP contribution >= 0.6 is 0 Å². The van der Waals surface area contributed by atoms with Gasteiger partial charge in [-0.3, -0.25) is 4.90 Å². The number of hydrogen-bond acceptors (Lipinski definition) is 5. The highest BCUT2D eigenvalue weighted by molar-refractivity contribution is 5.31. The summed E-state index contributed by atoms with van der Waals surface area (Å²) < 4.78 is 5.59. The molecule has 1 aromatic carbocycles. The van der Waals surface area contributed by atoms with Gasteiger partial charge in [-0.25, -0.2) is 0 Å². The largest absolute Gasteiger partial charge is 0.491 e. The van der Waals surface area contributed by atoms with Crippen molar-refractivity contribution in [1.82, 2.24) is 4.90 Å². The maximum Gasteiger partial charge on any atom is 0.119 e. The summed E-state index contributed by atoms with van der Waals surface area (Å²) in [6, 6.07) is 7.89. The van der Waals surface area contributed by atoms with Crippen LogP contribution < -0.4 is 4.74 Å². The zero-order valence-corrected chi connectivity index (χ0v) is 13.8. The number of aliphatic hydroxyl groups is 3. The summed E-state index contributed by atoms with van der Waals surface area (Å²) in [5.41, 5.74) is 1.34. The van der Waals surface area contributed by atoms with Gasteiger partial charge in [0.1, 0.15) is 18.5 Å². The van der Waals surface area contributed by atoms with Crippen LogP contribution in [0.3, 0.4) is 0 Å². The van der Waals surface area contributed by atoms with Gasteiger partial charge in [-0.05, 0) is 23.1 Å². The Morgan fingerprint density at radius 1 is 1.05 bits per heavy atom. The van der Waals surface area contributed by atoms with E-state index < -0.39 is 6.10 Å². The minimum absolute atomic E-state index is 0.00183. The molecule has 0 spiro atoms. The average Bonchev–Trinajstić information content (AvgIpc) is 2.45. The summed E-state index contributed by atoms with van der Waals surface area (Å²) in [6.45, 7) is 7.87. The molecular formula is C17H29NO4. The minimum Gasteiger partial charge on any atom is -0.491 e. The number of benzene rings is 1. The standard InChI is InChI=1S/C17H29NO4/c1-17(2,3)14-4-6-16(7-5-14)22-13-15(21)12-18(8-10-19)9-11-20/h4-7,15,19-21H,8-13H2,1-3H3. The van der Waals surface area contributed by atoms with E-state index in [1.807, 2.05) is 24.3 Å². The molecule has 0 aromatic heterocycles. The van der Waals surface area contributed by atoms with Gasteiger partial charge in [-0.2, -0.15) is 0 Å². The summed E-state index contributed by atoms with van der Waals surface area (Å²) in [6.07, 6.45) is -0.666.